The van der Waals surface area contributed by atoms with Gasteiger partial charge in [0.2, 0.25) is 0 Å². The molecular weight excluding hydrogens is 233 g/mol. The summed E-state index contributed by atoms with van der Waals surface area (Å²) in [5, 5.41) is 0. The van der Waals surface area contributed by atoms with Crippen molar-refractivity contribution in [2.24, 2.45) is 5.92 Å². The number of hydrogen-bond acceptors (Lipinski definition) is 1. The molecule has 0 aromatic heterocycles. The molecule has 0 aromatic carbocycles. The van der Waals surface area contributed by atoms with Gasteiger partial charge in [0.25, 0.3) is 0 Å². The van der Waals surface area contributed by atoms with E-state index in [1.165, 1.54) is 0 Å². The molecule has 1 amide bonds. The third kappa shape index (κ3) is 3.61. The molecule has 0 aliphatic rings. The molecule has 0 atom stereocenters. The average Bonchev–Trinajstić information content (AvgIpc) is 2.10. The Hall–Kier alpha value is -0.880. The lowest BCUT2D eigenvalue weighted by atomic mass is 10.1. The van der Waals surface area contributed by atoms with Crippen molar-refractivity contribution in [1.82, 2.24) is 4.90 Å². The van der Waals surface area contributed by atoms with Gasteiger partial charge in [0.1, 0.15) is 0 Å². The van der Waals surface area contributed by atoms with Crippen LogP contribution in [0.1, 0.15) is 20.3 Å². The molecule has 0 heterocycles. The van der Waals surface area contributed by atoms with E-state index < -0.39 is 18.0 Å². The fourth-order valence-corrected chi connectivity index (χ4v) is 0.914. The Labute approximate surface area is 90.4 Å². The van der Waals surface area contributed by atoms with Gasteiger partial charge in [-0.1, -0.05) is 13.8 Å². The Balaban J connectivity index is 4.55. The molecule has 96 valence electrons. The zero-order chi connectivity index (χ0) is 13.1. The summed E-state index contributed by atoms with van der Waals surface area (Å²) in [6.07, 6.45) is -5.47. The summed E-state index contributed by atoms with van der Waals surface area (Å²) in [6, 6.07) is 0. The van der Waals surface area contributed by atoms with Gasteiger partial charge in [0.15, 0.2) is 0 Å². The van der Waals surface area contributed by atoms with Crippen LogP contribution in [0.15, 0.2) is 0 Å². The van der Waals surface area contributed by atoms with Crippen LogP contribution in [0.3, 0.4) is 0 Å². The molecular formula is C9H14F5NO. The van der Waals surface area contributed by atoms with Crippen LogP contribution >= 0.6 is 0 Å². The van der Waals surface area contributed by atoms with Gasteiger partial charge in [0.05, 0.1) is 0 Å². The lowest BCUT2D eigenvalue weighted by Crippen LogP contribution is -2.51. The van der Waals surface area contributed by atoms with Crippen LogP contribution in [0.2, 0.25) is 0 Å². The van der Waals surface area contributed by atoms with Crippen molar-refractivity contribution in [3.05, 3.63) is 0 Å². The van der Waals surface area contributed by atoms with Gasteiger partial charge in [0, 0.05) is 13.6 Å². The monoisotopic (exact) mass is 247 g/mol. The van der Waals surface area contributed by atoms with Crippen LogP contribution in [0, 0.1) is 5.92 Å². The van der Waals surface area contributed by atoms with Gasteiger partial charge in [-0.2, -0.15) is 22.0 Å². The Morgan fingerprint density at radius 2 is 1.62 bits per heavy atom. The maximum absolute atomic E-state index is 12.6. The van der Waals surface area contributed by atoms with E-state index in [2.05, 4.69) is 0 Å². The molecule has 2 nitrogen and oxygen atoms in total. The molecule has 16 heavy (non-hydrogen) atoms. The maximum Gasteiger partial charge on any atom is 0.463 e. The van der Waals surface area contributed by atoms with Crippen molar-refractivity contribution >= 4 is 5.91 Å². The van der Waals surface area contributed by atoms with Crippen LogP contribution in [-0.2, 0) is 4.79 Å². The normalized spacial score (nSPS) is 13.1. The molecule has 0 aliphatic carbocycles. The first kappa shape index (κ1) is 15.1. The number of nitrogens with zero attached hydrogens (tertiary/aromatic N) is 1. The van der Waals surface area contributed by atoms with E-state index in [-0.39, 0.29) is 12.5 Å². The molecule has 0 bridgehead atoms. The summed E-state index contributed by atoms with van der Waals surface area (Å²) in [5.74, 6) is -7.39. The van der Waals surface area contributed by atoms with Crippen molar-refractivity contribution in [3.63, 3.8) is 0 Å². The molecule has 0 saturated carbocycles. The van der Waals surface area contributed by atoms with Crippen molar-refractivity contribution in [2.75, 3.05) is 13.6 Å². The molecule has 0 fully saturated rings. The third-order valence-corrected chi connectivity index (χ3v) is 2.01. The minimum atomic E-state index is -5.84. The summed E-state index contributed by atoms with van der Waals surface area (Å²) in [4.78, 5) is 11.3. The molecule has 7 heteroatoms. The summed E-state index contributed by atoms with van der Waals surface area (Å²) < 4.78 is 60.7. The van der Waals surface area contributed by atoms with Gasteiger partial charge < -0.3 is 4.90 Å². The van der Waals surface area contributed by atoms with Crippen molar-refractivity contribution in [2.45, 2.75) is 32.4 Å². The van der Waals surface area contributed by atoms with Crippen LogP contribution in [-0.4, -0.2) is 36.5 Å². The molecule has 0 rings (SSSR count). The number of carbonyl (C=O) groups excluding carboxylic acids is 1. The van der Waals surface area contributed by atoms with E-state index >= 15 is 0 Å². The molecule has 0 radical (unpaired) electrons. The molecule has 0 aliphatic heterocycles. The fraction of sp³-hybridized carbons (Fsp3) is 0.889. The smallest absolute Gasteiger partial charge is 0.340 e. The Kier molecular flexibility index (Phi) is 4.69. The molecule has 0 unspecified atom stereocenters. The Morgan fingerprint density at radius 3 is 1.94 bits per heavy atom. The minimum absolute atomic E-state index is 0.120. The number of amides is 1. The van der Waals surface area contributed by atoms with Gasteiger partial charge >= 0.3 is 18.0 Å². The first-order valence-corrected chi connectivity index (χ1v) is 4.70. The standard InChI is InChI=1S/C9H14F5NO/c1-6(2)4-5-15(3)7(16)8(10,11)9(12,13)14/h6H,4-5H2,1-3H3. The molecule has 0 N–H and O–H groups in total. The van der Waals surface area contributed by atoms with Gasteiger partial charge in [-0.15, -0.1) is 0 Å². The number of hydrogen-bond donors (Lipinski definition) is 0. The summed E-state index contributed by atoms with van der Waals surface area (Å²) >= 11 is 0. The lowest BCUT2D eigenvalue weighted by molar-refractivity contribution is -0.274. The van der Waals surface area contributed by atoms with Gasteiger partial charge in [-0.25, -0.2) is 0 Å². The van der Waals surface area contributed by atoms with Crippen molar-refractivity contribution in [3.8, 4) is 0 Å². The van der Waals surface area contributed by atoms with E-state index in [4.69, 9.17) is 0 Å². The van der Waals surface area contributed by atoms with E-state index in [1.807, 2.05) is 0 Å². The molecule has 0 aromatic rings. The highest BCUT2D eigenvalue weighted by molar-refractivity contribution is 5.84. The second-order valence-corrected chi connectivity index (χ2v) is 3.98. The van der Waals surface area contributed by atoms with Gasteiger partial charge in [-0.3, -0.25) is 4.79 Å². The second kappa shape index (κ2) is 4.97. The lowest BCUT2D eigenvalue weighted by Gasteiger charge is -2.25. The predicted octanol–water partition coefficient (Wildman–Crippen LogP) is 2.69. The van der Waals surface area contributed by atoms with Crippen LogP contribution in [0.5, 0.6) is 0 Å². The van der Waals surface area contributed by atoms with Crippen molar-refractivity contribution in [1.29, 1.82) is 0 Å². The van der Waals surface area contributed by atoms with Gasteiger partial charge in [-0.05, 0) is 12.3 Å². The number of halogens is 5. The van der Waals surface area contributed by atoms with Crippen molar-refractivity contribution < 1.29 is 26.7 Å². The number of rotatable bonds is 4. The summed E-state index contributed by atoms with van der Waals surface area (Å²) in [5.41, 5.74) is 0. The van der Waals surface area contributed by atoms with Crippen LogP contribution in [0.4, 0.5) is 22.0 Å². The number of alkyl halides is 5. The quantitative estimate of drug-likeness (QED) is 0.699. The molecule has 0 spiro atoms. The minimum Gasteiger partial charge on any atom is -0.340 e. The maximum atomic E-state index is 12.6. The third-order valence-electron chi connectivity index (χ3n) is 2.01. The highest BCUT2D eigenvalue weighted by Gasteiger charge is 2.64. The Morgan fingerprint density at radius 1 is 1.19 bits per heavy atom. The van der Waals surface area contributed by atoms with E-state index in [0.29, 0.717) is 11.3 Å². The Bertz CT molecular complexity index is 249. The highest BCUT2D eigenvalue weighted by atomic mass is 19.4. The second-order valence-electron chi connectivity index (χ2n) is 3.98. The first-order chi connectivity index (χ1) is 7.00. The van der Waals surface area contributed by atoms with Crippen LogP contribution < -0.4 is 0 Å². The number of carbonyl (C=O) groups is 1. The first-order valence-electron chi connectivity index (χ1n) is 4.70. The average molecular weight is 247 g/mol. The molecule has 0 saturated heterocycles. The zero-order valence-electron chi connectivity index (χ0n) is 9.24. The van der Waals surface area contributed by atoms with E-state index in [1.54, 1.807) is 13.8 Å². The SMILES string of the molecule is CC(C)CCN(C)C(=O)C(F)(F)C(F)(F)F. The largest absolute Gasteiger partial charge is 0.463 e. The summed E-state index contributed by atoms with van der Waals surface area (Å²) in [6.45, 7) is 3.43. The van der Waals surface area contributed by atoms with E-state index in [0.717, 1.165) is 7.05 Å². The fourth-order valence-electron chi connectivity index (χ4n) is 0.914. The van der Waals surface area contributed by atoms with E-state index in [9.17, 15) is 26.7 Å². The highest BCUT2D eigenvalue weighted by Crippen LogP contribution is 2.36. The predicted molar refractivity (Wildman–Crippen MR) is 48.1 cm³/mol. The topological polar surface area (TPSA) is 20.3 Å². The van der Waals surface area contributed by atoms with Crippen LogP contribution in [0.25, 0.3) is 0 Å². The zero-order valence-corrected chi connectivity index (χ0v) is 9.24. The summed E-state index contributed by atoms with van der Waals surface area (Å²) in [7, 11) is 0.935.